The van der Waals surface area contributed by atoms with Crippen molar-refractivity contribution >= 4 is 29.6 Å². The number of thioether (sulfide) groups is 1. The summed E-state index contributed by atoms with van der Waals surface area (Å²) < 4.78 is 0. The largest absolute Gasteiger partial charge is 0.481 e. The molecule has 0 aromatic carbocycles. The fourth-order valence-electron chi connectivity index (χ4n) is 0.643. The maximum absolute atomic E-state index is 11.1. The summed E-state index contributed by atoms with van der Waals surface area (Å²) in [6, 6.07) is -0.895. The van der Waals surface area contributed by atoms with Gasteiger partial charge in [0.1, 0.15) is 6.54 Å². The van der Waals surface area contributed by atoms with Crippen molar-refractivity contribution in [3.8, 4) is 0 Å². The normalized spacial score (nSPS) is 11.8. The lowest BCUT2D eigenvalue weighted by atomic mass is 10.3. The number of rotatable bonds is 7. The molecule has 0 bridgehead atoms. The molecule has 0 aromatic rings. The Hall–Kier alpha value is -1.28. The van der Waals surface area contributed by atoms with E-state index in [1.807, 2.05) is 0 Å². The number of carbonyl (C=O) groups is 3. The molecule has 0 aliphatic rings. The first kappa shape index (κ1) is 13.7. The van der Waals surface area contributed by atoms with Crippen molar-refractivity contribution in [1.29, 1.82) is 0 Å². The second-order valence-electron chi connectivity index (χ2n) is 2.63. The zero-order valence-corrected chi connectivity index (χ0v) is 8.62. The minimum absolute atomic E-state index is 0.137. The van der Waals surface area contributed by atoms with Gasteiger partial charge in [0.2, 0.25) is 5.91 Å². The summed E-state index contributed by atoms with van der Waals surface area (Å²) in [6.07, 6.45) is 0. The van der Waals surface area contributed by atoms with Gasteiger partial charge in [-0.1, -0.05) is 0 Å². The average molecular weight is 236 g/mol. The third-order valence-electron chi connectivity index (χ3n) is 1.27. The molecule has 0 rings (SSSR count). The topological polar surface area (TPSA) is 130 Å². The number of nitrogens with two attached hydrogens (primary N) is 1. The van der Waals surface area contributed by atoms with Crippen LogP contribution >= 0.6 is 11.8 Å². The number of carboxylic acids is 2. The molecule has 1 amide bonds. The first-order chi connectivity index (χ1) is 6.93. The number of carboxylic acid groups (broad SMARTS) is 2. The van der Waals surface area contributed by atoms with E-state index in [4.69, 9.17) is 15.9 Å². The van der Waals surface area contributed by atoms with Crippen LogP contribution in [0.4, 0.5) is 0 Å². The van der Waals surface area contributed by atoms with Gasteiger partial charge in [-0.15, -0.1) is 11.8 Å². The molecule has 7 nitrogen and oxygen atoms in total. The molecular weight excluding hydrogens is 224 g/mol. The summed E-state index contributed by atoms with van der Waals surface area (Å²) in [5, 5.41) is 18.7. The van der Waals surface area contributed by atoms with Crippen LogP contribution in [-0.2, 0) is 14.4 Å². The highest BCUT2D eigenvalue weighted by Crippen LogP contribution is 2.00. The van der Waals surface area contributed by atoms with Crippen LogP contribution in [0.3, 0.4) is 0 Å². The quantitative estimate of drug-likeness (QED) is 0.416. The lowest BCUT2D eigenvalue weighted by Crippen LogP contribution is -2.44. The van der Waals surface area contributed by atoms with Crippen LogP contribution in [0.5, 0.6) is 0 Å². The van der Waals surface area contributed by atoms with Crippen molar-refractivity contribution in [3.05, 3.63) is 0 Å². The average Bonchev–Trinajstić information content (AvgIpc) is 2.13. The second-order valence-corrected chi connectivity index (χ2v) is 3.66. The van der Waals surface area contributed by atoms with Crippen molar-refractivity contribution in [2.75, 3.05) is 18.1 Å². The number of hydrogen-bond acceptors (Lipinski definition) is 5. The van der Waals surface area contributed by atoms with Gasteiger partial charge in [0, 0.05) is 5.75 Å². The molecule has 0 spiro atoms. The molecule has 8 heteroatoms. The van der Waals surface area contributed by atoms with Crippen molar-refractivity contribution in [2.24, 2.45) is 5.73 Å². The van der Waals surface area contributed by atoms with Crippen LogP contribution in [-0.4, -0.2) is 52.2 Å². The van der Waals surface area contributed by atoms with Gasteiger partial charge in [0.05, 0.1) is 11.8 Å². The Morgan fingerprint density at radius 1 is 1.27 bits per heavy atom. The van der Waals surface area contributed by atoms with Gasteiger partial charge < -0.3 is 21.3 Å². The highest BCUT2D eigenvalue weighted by molar-refractivity contribution is 8.00. The number of amides is 1. The van der Waals surface area contributed by atoms with E-state index in [0.717, 1.165) is 11.8 Å². The number of nitrogens with one attached hydrogen (secondary N) is 1. The number of hydrogen-bond donors (Lipinski definition) is 4. The van der Waals surface area contributed by atoms with Gasteiger partial charge in [0.15, 0.2) is 0 Å². The summed E-state index contributed by atoms with van der Waals surface area (Å²) in [6.45, 7) is -0.490. The molecule has 0 fully saturated rings. The molecule has 86 valence electrons. The molecule has 0 aromatic heterocycles. The van der Waals surface area contributed by atoms with Gasteiger partial charge in [-0.2, -0.15) is 0 Å². The van der Waals surface area contributed by atoms with Gasteiger partial charge >= 0.3 is 11.9 Å². The highest BCUT2D eigenvalue weighted by Gasteiger charge is 2.14. The molecule has 0 saturated heterocycles. The maximum Gasteiger partial charge on any atom is 0.322 e. The van der Waals surface area contributed by atoms with E-state index in [2.05, 4.69) is 5.32 Å². The maximum atomic E-state index is 11.1. The second kappa shape index (κ2) is 7.07. The van der Waals surface area contributed by atoms with Crippen LogP contribution in [0.2, 0.25) is 0 Å². The van der Waals surface area contributed by atoms with Crippen LogP contribution in [0, 0.1) is 0 Å². The van der Waals surface area contributed by atoms with Crippen LogP contribution in [0.25, 0.3) is 0 Å². The highest BCUT2D eigenvalue weighted by atomic mass is 32.2. The summed E-state index contributed by atoms with van der Waals surface area (Å²) >= 11 is 0.999. The smallest absolute Gasteiger partial charge is 0.322 e. The summed E-state index contributed by atoms with van der Waals surface area (Å²) in [5.74, 6) is -2.75. The molecule has 0 heterocycles. The Morgan fingerprint density at radius 3 is 2.33 bits per heavy atom. The molecular formula is C7H12N2O5S. The van der Waals surface area contributed by atoms with Gasteiger partial charge in [-0.3, -0.25) is 14.4 Å². The summed E-state index contributed by atoms with van der Waals surface area (Å²) in [4.78, 5) is 31.3. The van der Waals surface area contributed by atoms with Gasteiger partial charge in [-0.25, -0.2) is 0 Å². The Kier molecular flexibility index (Phi) is 6.47. The molecule has 0 radical (unpaired) electrons. The molecule has 5 N–H and O–H groups in total. The van der Waals surface area contributed by atoms with Crippen LogP contribution < -0.4 is 11.1 Å². The summed E-state index contributed by atoms with van der Waals surface area (Å²) in [7, 11) is 0. The molecule has 15 heavy (non-hydrogen) atoms. The fraction of sp³-hybridized carbons (Fsp3) is 0.571. The third kappa shape index (κ3) is 7.77. The van der Waals surface area contributed by atoms with Crippen molar-refractivity contribution < 1.29 is 24.6 Å². The monoisotopic (exact) mass is 236 g/mol. The first-order valence-corrected chi connectivity index (χ1v) is 5.13. The Morgan fingerprint density at radius 2 is 1.87 bits per heavy atom. The van der Waals surface area contributed by atoms with Crippen molar-refractivity contribution in [3.63, 3.8) is 0 Å². The lowest BCUT2D eigenvalue weighted by molar-refractivity contribution is -0.138. The molecule has 1 atom stereocenters. The van der Waals surface area contributed by atoms with E-state index in [9.17, 15) is 14.4 Å². The lowest BCUT2D eigenvalue weighted by Gasteiger charge is -2.09. The standard InChI is InChI=1S/C7H12N2O5S/c8-4(2-15-3-6(12)13)7(14)9-1-5(10)11/h4H,1-3,8H2,(H,9,14)(H,10,11)(H,12,13). The molecule has 0 aliphatic carbocycles. The van der Waals surface area contributed by atoms with Gasteiger partial charge in [-0.05, 0) is 0 Å². The Labute approximate surface area is 90.0 Å². The minimum Gasteiger partial charge on any atom is -0.481 e. The van der Waals surface area contributed by atoms with E-state index >= 15 is 0 Å². The van der Waals surface area contributed by atoms with Crippen LogP contribution in [0.15, 0.2) is 0 Å². The van der Waals surface area contributed by atoms with Gasteiger partial charge in [0.25, 0.3) is 0 Å². The molecule has 0 saturated carbocycles. The summed E-state index contributed by atoms with van der Waals surface area (Å²) in [5.41, 5.74) is 5.37. The number of carbonyl (C=O) groups excluding carboxylic acids is 1. The predicted molar refractivity (Wildman–Crippen MR) is 53.6 cm³/mol. The van der Waals surface area contributed by atoms with Crippen molar-refractivity contribution in [2.45, 2.75) is 6.04 Å². The zero-order valence-electron chi connectivity index (χ0n) is 7.80. The predicted octanol–water partition coefficient (Wildman–Crippen LogP) is -1.67. The zero-order chi connectivity index (χ0) is 11.8. The van der Waals surface area contributed by atoms with E-state index in [-0.39, 0.29) is 11.5 Å². The minimum atomic E-state index is -1.16. The Bertz CT molecular complexity index is 258. The molecule has 1 unspecified atom stereocenters. The number of aliphatic carboxylic acids is 2. The van der Waals surface area contributed by atoms with Crippen molar-refractivity contribution in [1.82, 2.24) is 5.32 Å². The van der Waals surface area contributed by atoms with E-state index < -0.39 is 30.4 Å². The van der Waals surface area contributed by atoms with E-state index in [1.54, 1.807) is 0 Å². The van der Waals surface area contributed by atoms with E-state index in [0.29, 0.717) is 0 Å². The fourth-order valence-corrected chi connectivity index (χ4v) is 1.34. The first-order valence-electron chi connectivity index (χ1n) is 3.98. The SMILES string of the molecule is NC(CSCC(=O)O)C(=O)NCC(=O)O. The third-order valence-corrected chi connectivity index (χ3v) is 2.32. The Balaban J connectivity index is 3.69. The van der Waals surface area contributed by atoms with Crippen LogP contribution in [0.1, 0.15) is 0 Å². The molecule has 0 aliphatic heterocycles. The van der Waals surface area contributed by atoms with E-state index in [1.165, 1.54) is 0 Å².